The van der Waals surface area contributed by atoms with Crippen LogP contribution in [-0.4, -0.2) is 34.0 Å². The van der Waals surface area contributed by atoms with Crippen molar-refractivity contribution in [3.63, 3.8) is 0 Å². The van der Waals surface area contributed by atoms with Crippen LogP contribution in [0.25, 0.3) is 0 Å². The molecule has 142 valence electrons. The van der Waals surface area contributed by atoms with Crippen molar-refractivity contribution in [3.8, 4) is 0 Å². The second-order valence-electron chi connectivity index (χ2n) is 7.02. The number of sulfonamides is 1. The fourth-order valence-electron chi connectivity index (χ4n) is 3.90. The lowest BCUT2D eigenvalue weighted by Gasteiger charge is -2.27. The Morgan fingerprint density at radius 2 is 2.00 bits per heavy atom. The molecule has 4 rings (SSSR count). The van der Waals surface area contributed by atoms with Gasteiger partial charge in [-0.1, -0.05) is 30.3 Å². The number of hydrogen-bond donors (Lipinski definition) is 2. The molecule has 0 fully saturated rings. The molecule has 0 aliphatic carbocycles. The molecule has 2 aliphatic heterocycles. The first kappa shape index (κ1) is 18.2. The van der Waals surface area contributed by atoms with E-state index in [-0.39, 0.29) is 23.4 Å². The third-order valence-electron chi connectivity index (χ3n) is 5.34. The third-order valence-corrected chi connectivity index (χ3v) is 6.76. The quantitative estimate of drug-likeness (QED) is 0.841. The first-order chi connectivity index (χ1) is 13.0. The summed E-state index contributed by atoms with van der Waals surface area (Å²) in [5, 5.41) is 3.38. The third kappa shape index (κ3) is 3.50. The summed E-state index contributed by atoms with van der Waals surface area (Å²) in [6, 6.07) is 13.1. The highest BCUT2D eigenvalue weighted by molar-refractivity contribution is 7.89. The highest BCUT2D eigenvalue weighted by atomic mass is 32.2. The lowest BCUT2D eigenvalue weighted by molar-refractivity contribution is -0.116. The number of fused-ring (bicyclic) bond motifs is 2. The summed E-state index contributed by atoms with van der Waals surface area (Å²) >= 11 is 0. The van der Waals surface area contributed by atoms with Crippen molar-refractivity contribution in [2.75, 3.05) is 24.5 Å². The van der Waals surface area contributed by atoms with Crippen LogP contribution in [0.1, 0.15) is 29.7 Å². The predicted molar refractivity (Wildman–Crippen MR) is 104 cm³/mol. The lowest BCUT2D eigenvalue weighted by atomic mass is 9.95. The number of hydrogen-bond acceptors (Lipinski definition) is 4. The van der Waals surface area contributed by atoms with E-state index in [1.54, 1.807) is 23.1 Å². The number of nitrogens with zero attached hydrogens (tertiary/aromatic N) is 1. The summed E-state index contributed by atoms with van der Waals surface area (Å²) in [5.41, 5.74) is 4.11. The Labute approximate surface area is 159 Å². The first-order valence-electron chi connectivity index (χ1n) is 9.17. The molecule has 0 saturated carbocycles. The molecule has 1 unspecified atom stereocenters. The van der Waals surface area contributed by atoms with Gasteiger partial charge in [-0.15, -0.1) is 0 Å². The van der Waals surface area contributed by atoms with Crippen LogP contribution in [0.4, 0.5) is 5.69 Å². The van der Waals surface area contributed by atoms with Gasteiger partial charge in [-0.3, -0.25) is 4.79 Å². The van der Waals surface area contributed by atoms with E-state index in [1.807, 2.05) is 18.2 Å². The Kier molecular flexibility index (Phi) is 4.75. The number of carbonyl (C=O) groups excluding carboxylic acids is 1. The van der Waals surface area contributed by atoms with Gasteiger partial charge >= 0.3 is 0 Å². The molecule has 1 atom stereocenters. The Bertz CT molecular complexity index is 988. The van der Waals surface area contributed by atoms with E-state index in [0.29, 0.717) is 12.2 Å². The highest BCUT2D eigenvalue weighted by Crippen LogP contribution is 2.30. The van der Waals surface area contributed by atoms with Gasteiger partial charge in [0.1, 0.15) is 0 Å². The van der Waals surface area contributed by atoms with Gasteiger partial charge in [-0.2, -0.15) is 0 Å². The fraction of sp³-hybridized carbons (Fsp3) is 0.350. The average Bonchev–Trinajstić information content (AvgIpc) is 3.10. The summed E-state index contributed by atoms with van der Waals surface area (Å²) in [4.78, 5) is 13.6. The molecule has 0 saturated heterocycles. The van der Waals surface area contributed by atoms with E-state index < -0.39 is 10.0 Å². The summed E-state index contributed by atoms with van der Waals surface area (Å²) in [5.74, 6) is -0.0701. The van der Waals surface area contributed by atoms with Gasteiger partial charge in [0, 0.05) is 31.7 Å². The molecule has 1 amide bonds. The first-order valence-corrected chi connectivity index (χ1v) is 10.7. The van der Waals surface area contributed by atoms with Crippen molar-refractivity contribution in [3.05, 3.63) is 59.2 Å². The molecule has 2 aromatic carbocycles. The van der Waals surface area contributed by atoms with Crippen molar-refractivity contribution >= 4 is 21.6 Å². The van der Waals surface area contributed by atoms with Gasteiger partial charge in [-0.05, 0) is 48.2 Å². The van der Waals surface area contributed by atoms with Crippen molar-refractivity contribution in [2.45, 2.75) is 30.7 Å². The number of benzene rings is 2. The van der Waals surface area contributed by atoms with Gasteiger partial charge in [0.15, 0.2) is 0 Å². The maximum atomic E-state index is 12.8. The monoisotopic (exact) mass is 385 g/mol. The molecule has 0 aromatic heterocycles. The summed E-state index contributed by atoms with van der Waals surface area (Å²) in [6.45, 7) is 3.22. The van der Waals surface area contributed by atoms with Crippen LogP contribution >= 0.6 is 0 Å². The van der Waals surface area contributed by atoms with Crippen LogP contribution in [0.2, 0.25) is 0 Å². The number of carbonyl (C=O) groups is 1. The lowest BCUT2D eigenvalue weighted by Crippen LogP contribution is -2.38. The minimum atomic E-state index is -3.66. The molecule has 2 aromatic rings. The molecule has 0 bridgehead atoms. The van der Waals surface area contributed by atoms with Crippen LogP contribution in [-0.2, 0) is 27.7 Å². The van der Waals surface area contributed by atoms with Gasteiger partial charge in [0.2, 0.25) is 15.9 Å². The van der Waals surface area contributed by atoms with Gasteiger partial charge in [-0.25, -0.2) is 13.1 Å². The maximum absolute atomic E-state index is 12.8. The molecular weight excluding hydrogens is 362 g/mol. The van der Waals surface area contributed by atoms with Crippen LogP contribution in [0.3, 0.4) is 0 Å². The SMILES string of the molecule is CC(=O)N1CCc2ccc(S(=O)(=O)NCC3NCCc4ccccc43)cc21. The van der Waals surface area contributed by atoms with Crippen LogP contribution in [0.5, 0.6) is 0 Å². The van der Waals surface area contributed by atoms with Crippen molar-refractivity contribution in [1.29, 1.82) is 0 Å². The largest absolute Gasteiger partial charge is 0.312 e. The van der Waals surface area contributed by atoms with Gasteiger partial charge in [0.05, 0.1) is 4.90 Å². The minimum absolute atomic E-state index is 0.0483. The zero-order chi connectivity index (χ0) is 19.0. The summed E-state index contributed by atoms with van der Waals surface area (Å²) < 4.78 is 28.4. The van der Waals surface area contributed by atoms with Crippen LogP contribution in [0.15, 0.2) is 47.4 Å². The van der Waals surface area contributed by atoms with Crippen molar-refractivity contribution in [2.24, 2.45) is 0 Å². The van der Waals surface area contributed by atoms with Crippen LogP contribution in [0, 0.1) is 0 Å². The summed E-state index contributed by atoms with van der Waals surface area (Å²) in [7, 11) is -3.66. The molecule has 6 nitrogen and oxygen atoms in total. The molecule has 0 radical (unpaired) electrons. The summed E-state index contributed by atoms with van der Waals surface area (Å²) in [6.07, 6.45) is 1.70. The highest BCUT2D eigenvalue weighted by Gasteiger charge is 2.26. The molecule has 2 aliphatic rings. The van der Waals surface area contributed by atoms with Gasteiger partial charge in [0.25, 0.3) is 0 Å². The fourth-order valence-corrected chi connectivity index (χ4v) is 4.97. The molecule has 27 heavy (non-hydrogen) atoms. The number of rotatable bonds is 4. The van der Waals surface area contributed by atoms with E-state index in [9.17, 15) is 13.2 Å². The Hall–Kier alpha value is -2.22. The van der Waals surface area contributed by atoms with Crippen molar-refractivity contribution in [1.82, 2.24) is 10.0 Å². The average molecular weight is 385 g/mol. The van der Waals surface area contributed by atoms with Gasteiger partial charge < -0.3 is 10.2 Å². The zero-order valence-corrected chi connectivity index (χ0v) is 16.1. The van der Waals surface area contributed by atoms with Crippen LogP contribution < -0.4 is 14.9 Å². The Morgan fingerprint density at radius 1 is 1.19 bits per heavy atom. The molecule has 2 heterocycles. The molecule has 0 spiro atoms. The van der Waals surface area contributed by atoms with E-state index in [4.69, 9.17) is 0 Å². The second-order valence-corrected chi connectivity index (χ2v) is 8.79. The van der Waals surface area contributed by atoms with E-state index in [2.05, 4.69) is 16.1 Å². The zero-order valence-electron chi connectivity index (χ0n) is 15.2. The Morgan fingerprint density at radius 3 is 2.81 bits per heavy atom. The van der Waals surface area contributed by atoms with E-state index in [1.165, 1.54) is 12.5 Å². The number of anilines is 1. The molecule has 7 heteroatoms. The second kappa shape index (κ2) is 7.07. The number of nitrogens with one attached hydrogen (secondary N) is 2. The topological polar surface area (TPSA) is 78.5 Å². The minimum Gasteiger partial charge on any atom is -0.312 e. The molecule has 2 N–H and O–H groups in total. The standard InChI is InChI=1S/C20H23N3O3S/c1-14(24)23-11-9-16-6-7-17(12-20(16)23)27(25,26)22-13-19-18-5-3-2-4-15(18)8-10-21-19/h2-7,12,19,21-22H,8-11,13H2,1H3. The predicted octanol–water partition coefficient (Wildman–Crippen LogP) is 1.76. The van der Waals surface area contributed by atoms with Crippen molar-refractivity contribution < 1.29 is 13.2 Å². The van der Waals surface area contributed by atoms with E-state index >= 15 is 0 Å². The molecular formula is C20H23N3O3S. The number of amides is 1. The smallest absolute Gasteiger partial charge is 0.240 e. The maximum Gasteiger partial charge on any atom is 0.240 e. The normalized spacial score (nSPS) is 18.9. The van der Waals surface area contributed by atoms with E-state index in [0.717, 1.165) is 30.5 Å². The Balaban J connectivity index is 1.54.